The maximum Gasteiger partial charge on any atom is 0.309 e. The van der Waals surface area contributed by atoms with Gasteiger partial charge in [0.25, 0.3) is 0 Å². The largest absolute Gasteiger partial charge is 0.494 e. The Morgan fingerprint density at radius 3 is 2.85 bits per heavy atom. The van der Waals surface area contributed by atoms with Crippen LogP contribution >= 0.6 is 11.8 Å². The van der Waals surface area contributed by atoms with E-state index in [0.29, 0.717) is 5.25 Å². The van der Waals surface area contributed by atoms with E-state index >= 15 is 0 Å². The summed E-state index contributed by atoms with van der Waals surface area (Å²) in [6.07, 6.45) is 4.25. The molecule has 3 nitrogen and oxygen atoms in total. The lowest BCUT2D eigenvalue weighted by Crippen LogP contribution is -2.22. The molecule has 0 radical (unpaired) electrons. The van der Waals surface area contributed by atoms with Crippen LogP contribution in [-0.4, -0.2) is 30.7 Å². The van der Waals surface area contributed by atoms with Crippen LogP contribution in [0.5, 0.6) is 5.75 Å². The first-order valence-corrected chi connectivity index (χ1v) is 8.23. The second-order valence-electron chi connectivity index (χ2n) is 4.98. The Hall–Kier alpha value is -1.16. The topological polar surface area (TPSA) is 35.5 Å². The molecule has 20 heavy (non-hydrogen) atoms. The molecule has 2 rings (SSSR count). The Morgan fingerprint density at radius 1 is 1.30 bits per heavy atom. The molecular formula is C16H22O3S. The fourth-order valence-corrected chi connectivity index (χ4v) is 3.95. The number of rotatable bonds is 7. The second kappa shape index (κ2) is 8.20. The first-order chi connectivity index (χ1) is 9.81. The SMILES string of the molecule is COC(=O)C1CCCC1SCCCOc1ccccc1. The molecule has 1 aromatic rings. The Balaban J connectivity index is 1.62. The molecule has 4 heteroatoms. The van der Waals surface area contributed by atoms with Gasteiger partial charge in [0, 0.05) is 5.25 Å². The van der Waals surface area contributed by atoms with Crippen molar-refractivity contribution in [1.29, 1.82) is 0 Å². The van der Waals surface area contributed by atoms with Crippen molar-refractivity contribution in [2.24, 2.45) is 5.92 Å². The summed E-state index contributed by atoms with van der Waals surface area (Å²) in [5.41, 5.74) is 0. The highest BCUT2D eigenvalue weighted by Gasteiger charge is 2.33. The average Bonchev–Trinajstić information content (AvgIpc) is 2.95. The van der Waals surface area contributed by atoms with Crippen molar-refractivity contribution in [3.8, 4) is 5.75 Å². The van der Waals surface area contributed by atoms with Crippen LogP contribution in [0.15, 0.2) is 30.3 Å². The average molecular weight is 294 g/mol. The quantitative estimate of drug-likeness (QED) is 0.569. The highest BCUT2D eigenvalue weighted by molar-refractivity contribution is 7.99. The summed E-state index contributed by atoms with van der Waals surface area (Å²) in [5, 5.41) is 0.430. The smallest absolute Gasteiger partial charge is 0.309 e. The number of carbonyl (C=O) groups excluding carboxylic acids is 1. The Labute approximate surface area is 125 Å². The van der Waals surface area contributed by atoms with Crippen molar-refractivity contribution in [2.75, 3.05) is 19.5 Å². The number of carbonyl (C=O) groups is 1. The van der Waals surface area contributed by atoms with E-state index in [0.717, 1.165) is 43.8 Å². The molecule has 0 aromatic heterocycles. The van der Waals surface area contributed by atoms with Crippen LogP contribution in [0.1, 0.15) is 25.7 Å². The van der Waals surface area contributed by atoms with Crippen molar-refractivity contribution >= 4 is 17.7 Å². The van der Waals surface area contributed by atoms with E-state index < -0.39 is 0 Å². The zero-order valence-electron chi connectivity index (χ0n) is 11.9. The molecule has 110 valence electrons. The predicted molar refractivity (Wildman–Crippen MR) is 82.2 cm³/mol. The van der Waals surface area contributed by atoms with Crippen molar-refractivity contribution < 1.29 is 14.3 Å². The highest BCUT2D eigenvalue weighted by atomic mass is 32.2. The molecule has 1 aliphatic rings. The second-order valence-corrected chi connectivity index (χ2v) is 6.33. The Kier molecular flexibility index (Phi) is 6.25. The van der Waals surface area contributed by atoms with Gasteiger partial charge in [-0.05, 0) is 37.1 Å². The van der Waals surface area contributed by atoms with Crippen LogP contribution in [0.25, 0.3) is 0 Å². The summed E-state index contributed by atoms with van der Waals surface area (Å²) in [7, 11) is 1.48. The molecule has 0 amide bonds. The molecule has 0 saturated heterocycles. The van der Waals surface area contributed by atoms with Gasteiger partial charge in [-0.1, -0.05) is 24.6 Å². The molecule has 1 aromatic carbocycles. The maximum atomic E-state index is 11.6. The van der Waals surface area contributed by atoms with E-state index in [1.165, 1.54) is 7.11 Å². The first kappa shape index (κ1) is 15.2. The van der Waals surface area contributed by atoms with Crippen LogP contribution < -0.4 is 4.74 Å². The van der Waals surface area contributed by atoms with E-state index in [4.69, 9.17) is 9.47 Å². The number of thioether (sulfide) groups is 1. The van der Waals surface area contributed by atoms with Crippen LogP contribution in [-0.2, 0) is 9.53 Å². The Morgan fingerprint density at radius 2 is 2.10 bits per heavy atom. The molecule has 0 N–H and O–H groups in total. The van der Waals surface area contributed by atoms with Crippen molar-refractivity contribution in [1.82, 2.24) is 0 Å². The number of ether oxygens (including phenoxy) is 2. The third-order valence-electron chi connectivity index (χ3n) is 3.59. The van der Waals surface area contributed by atoms with Crippen LogP contribution in [0.4, 0.5) is 0 Å². The van der Waals surface area contributed by atoms with Gasteiger partial charge >= 0.3 is 5.97 Å². The summed E-state index contributed by atoms with van der Waals surface area (Å²) in [6, 6.07) is 9.87. The zero-order chi connectivity index (χ0) is 14.2. The number of methoxy groups -OCH3 is 1. The monoisotopic (exact) mass is 294 g/mol. The van der Waals surface area contributed by atoms with E-state index in [1.54, 1.807) is 0 Å². The molecule has 1 saturated carbocycles. The molecule has 0 heterocycles. The fourth-order valence-electron chi connectivity index (χ4n) is 2.55. The molecule has 2 atom stereocenters. The summed E-state index contributed by atoms with van der Waals surface area (Å²) >= 11 is 1.89. The van der Waals surface area contributed by atoms with Gasteiger partial charge in [0.1, 0.15) is 5.75 Å². The third-order valence-corrected chi connectivity index (χ3v) is 5.11. The van der Waals surface area contributed by atoms with Gasteiger partial charge in [-0.25, -0.2) is 0 Å². The van der Waals surface area contributed by atoms with Gasteiger partial charge in [-0.3, -0.25) is 4.79 Å². The molecule has 0 bridgehead atoms. The summed E-state index contributed by atoms with van der Waals surface area (Å²) in [5.74, 6) is 2.01. The number of benzene rings is 1. The number of hydrogen-bond donors (Lipinski definition) is 0. The van der Waals surface area contributed by atoms with Gasteiger partial charge in [0.15, 0.2) is 0 Å². The van der Waals surface area contributed by atoms with E-state index in [9.17, 15) is 4.79 Å². The molecular weight excluding hydrogens is 272 g/mol. The molecule has 1 fully saturated rings. The van der Waals surface area contributed by atoms with Gasteiger partial charge < -0.3 is 9.47 Å². The van der Waals surface area contributed by atoms with Crippen molar-refractivity contribution in [3.05, 3.63) is 30.3 Å². The van der Waals surface area contributed by atoms with Gasteiger partial charge in [0.2, 0.25) is 0 Å². The van der Waals surface area contributed by atoms with Crippen LogP contribution in [0, 0.1) is 5.92 Å². The predicted octanol–water partition coefficient (Wildman–Crippen LogP) is 3.53. The minimum Gasteiger partial charge on any atom is -0.494 e. The van der Waals surface area contributed by atoms with Crippen LogP contribution in [0.3, 0.4) is 0 Å². The van der Waals surface area contributed by atoms with E-state index in [1.807, 2.05) is 42.1 Å². The van der Waals surface area contributed by atoms with Crippen LogP contribution in [0.2, 0.25) is 0 Å². The van der Waals surface area contributed by atoms with Gasteiger partial charge in [-0.2, -0.15) is 11.8 Å². The minimum atomic E-state index is -0.0412. The van der Waals surface area contributed by atoms with Crippen molar-refractivity contribution in [3.63, 3.8) is 0 Å². The third kappa shape index (κ3) is 4.44. The summed E-state index contributed by atoms with van der Waals surface area (Å²) < 4.78 is 10.5. The van der Waals surface area contributed by atoms with Gasteiger partial charge in [-0.15, -0.1) is 0 Å². The minimum absolute atomic E-state index is 0.0412. The van der Waals surface area contributed by atoms with E-state index in [2.05, 4.69) is 0 Å². The summed E-state index contributed by atoms with van der Waals surface area (Å²) in [4.78, 5) is 11.6. The molecule has 2 unspecified atom stereocenters. The lowest BCUT2D eigenvalue weighted by Gasteiger charge is -2.16. The van der Waals surface area contributed by atoms with Gasteiger partial charge in [0.05, 0.1) is 19.6 Å². The number of esters is 1. The normalized spacial score (nSPS) is 21.6. The molecule has 0 spiro atoms. The lowest BCUT2D eigenvalue weighted by atomic mass is 10.1. The van der Waals surface area contributed by atoms with E-state index in [-0.39, 0.29) is 11.9 Å². The number of para-hydroxylation sites is 1. The number of hydrogen-bond acceptors (Lipinski definition) is 4. The highest BCUT2D eigenvalue weighted by Crippen LogP contribution is 2.36. The standard InChI is InChI=1S/C16H22O3S/c1-18-16(17)14-9-5-10-15(14)20-12-6-11-19-13-7-3-2-4-8-13/h2-4,7-8,14-15H,5-6,9-12H2,1H3. The summed E-state index contributed by atoms with van der Waals surface area (Å²) in [6.45, 7) is 0.729. The fraction of sp³-hybridized carbons (Fsp3) is 0.562. The Bertz CT molecular complexity index is 407. The lowest BCUT2D eigenvalue weighted by molar-refractivity contribution is -0.144. The zero-order valence-corrected chi connectivity index (χ0v) is 12.7. The molecule has 0 aliphatic heterocycles. The maximum absolute atomic E-state index is 11.6. The molecule has 1 aliphatic carbocycles. The van der Waals surface area contributed by atoms with Crippen molar-refractivity contribution in [2.45, 2.75) is 30.9 Å². The first-order valence-electron chi connectivity index (χ1n) is 7.18.